The molecule has 0 radical (unpaired) electrons. The van der Waals surface area contributed by atoms with Crippen LogP contribution in [0.5, 0.6) is 0 Å². The number of likely N-dealkylation sites (tertiary alicyclic amines) is 1. The lowest BCUT2D eigenvalue weighted by Crippen LogP contribution is -2.61. The van der Waals surface area contributed by atoms with Crippen LogP contribution in [0.2, 0.25) is 0 Å². The van der Waals surface area contributed by atoms with E-state index in [-0.39, 0.29) is 193 Å². The molecule has 25 N–H and O–H groups in total. The van der Waals surface area contributed by atoms with Gasteiger partial charge in [-0.15, -0.1) is 0 Å². The Balaban J connectivity index is 0.924. The van der Waals surface area contributed by atoms with Gasteiger partial charge in [-0.1, -0.05) is 91.0 Å². The van der Waals surface area contributed by atoms with Gasteiger partial charge < -0.3 is 116 Å². The fraction of sp³-hybridized carbons (Fsp3) is 0.460. The van der Waals surface area contributed by atoms with Crippen LogP contribution in [0.1, 0.15) is 89.7 Å². The van der Waals surface area contributed by atoms with Gasteiger partial charge in [-0.25, -0.2) is 4.98 Å². The molecule has 43 nitrogen and oxygen atoms in total. The van der Waals surface area contributed by atoms with Gasteiger partial charge in [-0.3, -0.25) is 97.5 Å². The number of unbranched alkanes of at least 4 members (excludes halogenated alkanes) is 1. The summed E-state index contributed by atoms with van der Waals surface area (Å²) in [5, 5.41) is 89.6. The maximum Gasteiger partial charge on any atom is 0.317 e. The number of rotatable bonds is 49. The van der Waals surface area contributed by atoms with Crippen molar-refractivity contribution in [2.45, 2.75) is 125 Å². The molecule has 3 aromatic heterocycles. The van der Waals surface area contributed by atoms with Crippen molar-refractivity contribution in [2.24, 2.45) is 11.5 Å². The summed E-state index contributed by atoms with van der Waals surface area (Å²) >= 11 is 0. The molecule has 2 aliphatic heterocycles. The van der Waals surface area contributed by atoms with Crippen molar-refractivity contribution in [1.82, 2.24) is 108 Å². The number of carbonyl (C=O) groups is 14. The number of ketones is 1. The predicted molar refractivity (Wildman–Crippen MR) is 478 cm³/mol. The van der Waals surface area contributed by atoms with E-state index >= 15 is 19.2 Å². The zero-order chi connectivity index (χ0) is 93.6. The number of H-pyrrole nitrogens is 3. The summed E-state index contributed by atoms with van der Waals surface area (Å²) in [4.78, 5) is 217. The number of benzene rings is 4. The van der Waals surface area contributed by atoms with Crippen LogP contribution in [0.4, 0.5) is 0 Å². The summed E-state index contributed by atoms with van der Waals surface area (Å²) < 4.78 is 0. The summed E-state index contributed by atoms with van der Waals surface area (Å²) in [6.07, 6.45) is 6.45. The quantitative estimate of drug-likeness (QED) is 0.00761. The minimum atomic E-state index is -1.82. The number of guanidine groups is 2. The Morgan fingerprint density at radius 3 is 1.35 bits per heavy atom. The lowest BCUT2D eigenvalue weighted by Gasteiger charge is -2.32. The standard InChI is InChI=1S/C87H119N25O18/c1-92-47-72(114)101-64(20-11-29-96-86(88)89)78(123)103-67(42-58-45-99-63-19-8-6-17-61(58)63)81(126)107-70(52-113)83(128)105-68(43-59-46-93-53-100-59)82(127)102-65(21-12-30-97-87(90)91)79(124)104-66(41-57-44-98-62-18-7-5-16-60(57)62)80(125)106-69(40-54-23-25-56(26-24-54)77(122)55-14-3-2-4-15-55)85(130)112-31-13-22-71(112)84(129)95-28-10-9-27-94-73(115)48-108-32-34-109(49-74(116)117)36-38-111(51-76(120)121)39-37-110(35-33-108)50-75(118)119/h2-8,14-19,23-26,44-46,53,64-71,92,98-99,113H,9-13,20-22,27-43,47-52H2,1H3,(H,93,100)(H,94,115)(H,95,129)(H,101,114)(H,102,127)(H,103,123)(H,104,124)(H,105,128)(H,106,125)(H,107,126)(H,116,117)(H,118,119)(H,120,121)(H4,88,89,96)(H4,90,91,97)/t64-,65+,66-,67-,68-,69-,70-,71-/m0/s1. The molecule has 0 bridgehead atoms. The largest absolute Gasteiger partial charge is 0.480 e. The Hall–Kier alpha value is -13.8. The number of aliphatic hydroxyl groups is 1. The number of para-hydroxylation sites is 2. The van der Waals surface area contributed by atoms with Crippen molar-refractivity contribution in [3.8, 4) is 0 Å². The molecule has 10 amide bonds. The van der Waals surface area contributed by atoms with Gasteiger partial charge in [0.25, 0.3) is 0 Å². The molecule has 2 aliphatic rings. The molecule has 0 unspecified atom stereocenters. The maximum absolute atomic E-state index is 15.7. The first-order chi connectivity index (χ1) is 62.5. The number of hydrogen-bond donors (Lipinski definition) is 23. The number of carboxylic acid groups (broad SMARTS) is 3. The van der Waals surface area contributed by atoms with Gasteiger partial charge in [0.05, 0.1) is 45.7 Å². The van der Waals surface area contributed by atoms with E-state index in [9.17, 15) is 68.4 Å². The minimum Gasteiger partial charge on any atom is -0.480 e. The predicted octanol–water partition coefficient (Wildman–Crippen LogP) is -3.52. The number of amides is 10. The zero-order valence-electron chi connectivity index (χ0n) is 72.5. The Morgan fingerprint density at radius 2 is 0.877 bits per heavy atom. The molecule has 2 saturated heterocycles. The van der Waals surface area contributed by atoms with Crippen molar-refractivity contribution in [3.05, 3.63) is 162 Å². The molecular weight excluding hydrogens is 1680 g/mol. The van der Waals surface area contributed by atoms with Crippen molar-refractivity contribution in [3.63, 3.8) is 0 Å². The van der Waals surface area contributed by atoms with Crippen molar-refractivity contribution < 1.29 is 87.5 Å². The third-order valence-corrected chi connectivity index (χ3v) is 22.2. The minimum absolute atomic E-state index is 0.00268. The van der Waals surface area contributed by atoms with Crippen LogP contribution >= 0.6 is 0 Å². The van der Waals surface area contributed by atoms with Gasteiger partial charge in [0.2, 0.25) is 59.1 Å². The number of likely N-dealkylation sites (N-methyl/N-ethyl adjacent to an activating group) is 1. The molecule has 43 heteroatoms. The SMILES string of the molecule is CNCC(=O)N[C@@H](CCCNC(=N)N)C(=O)N[C@@H](Cc1c[nH]c2ccccc12)C(=O)N[C@@H](CO)C(=O)N[C@@H](Cc1cnc[nH]1)C(=O)N[C@H](CCCNC(=N)N)C(=O)N[C@@H](Cc1c[nH]c2ccccc12)C(=O)N[C@@H](Cc1ccc(C(=O)c2ccccc2)cc1)C(=O)N1CCC[C@H]1C(=O)NCCCCNC(=O)CN1CCN(CC(=O)O)CCN(CC(=O)O)CCN(CC(=O)O)CC1. The van der Waals surface area contributed by atoms with Crippen LogP contribution in [0.3, 0.4) is 0 Å². The highest BCUT2D eigenvalue weighted by Crippen LogP contribution is 2.25. The molecule has 9 rings (SSSR count). The normalized spacial score (nSPS) is 15.8. The Labute approximate surface area is 749 Å². The van der Waals surface area contributed by atoms with Crippen LogP contribution in [0, 0.1) is 10.8 Å². The van der Waals surface area contributed by atoms with E-state index < -0.39 is 132 Å². The summed E-state index contributed by atoms with van der Waals surface area (Å²) in [6.45, 7) is -0.0786. The number of fused-ring (bicyclic) bond motifs is 2. The number of aromatic amines is 3. The second kappa shape index (κ2) is 51.3. The number of aromatic nitrogens is 4. The summed E-state index contributed by atoms with van der Waals surface area (Å²) in [7, 11) is 1.53. The van der Waals surface area contributed by atoms with E-state index in [4.69, 9.17) is 22.3 Å². The maximum atomic E-state index is 15.7. The molecule has 7 aromatic rings. The monoisotopic (exact) mass is 1800 g/mol. The van der Waals surface area contributed by atoms with Gasteiger partial charge in [0.15, 0.2) is 17.7 Å². The number of aliphatic hydroxyl groups excluding tert-OH is 1. The zero-order valence-corrected chi connectivity index (χ0v) is 72.5. The number of nitrogens with two attached hydrogens (primary N) is 2. The third kappa shape index (κ3) is 32.2. The molecule has 2 fully saturated rings. The molecule has 0 aliphatic carbocycles. The van der Waals surface area contributed by atoms with E-state index in [1.165, 1.54) is 24.5 Å². The average Bonchev–Trinajstić information content (AvgIpc) is 1.67. The van der Waals surface area contributed by atoms with Crippen LogP contribution in [-0.2, 0) is 88.0 Å². The van der Waals surface area contributed by atoms with Gasteiger partial charge in [-0.05, 0) is 87.2 Å². The number of imidazole rings is 1. The second-order valence-corrected chi connectivity index (χ2v) is 32.0. The molecule has 0 saturated carbocycles. The van der Waals surface area contributed by atoms with Crippen LogP contribution in [0.25, 0.3) is 21.8 Å². The van der Waals surface area contributed by atoms with E-state index in [0.29, 0.717) is 74.6 Å². The first-order valence-electron chi connectivity index (χ1n) is 43.2. The number of nitrogens with zero attached hydrogens (tertiary/aromatic N) is 6. The van der Waals surface area contributed by atoms with Crippen LogP contribution in [-0.4, -0.2) is 339 Å². The lowest BCUT2D eigenvalue weighted by atomic mass is 9.98. The van der Waals surface area contributed by atoms with Crippen LogP contribution in [0.15, 0.2) is 128 Å². The first-order valence-corrected chi connectivity index (χ1v) is 43.2. The molecule has 5 heterocycles. The highest BCUT2D eigenvalue weighted by atomic mass is 16.4. The topological polar surface area (TPSA) is 640 Å². The smallest absolute Gasteiger partial charge is 0.317 e. The number of aliphatic carboxylic acids is 3. The van der Waals surface area contributed by atoms with Crippen molar-refractivity contribution in [1.29, 1.82) is 10.8 Å². The first kappa shape index (κ1) is 100. The summed E-state index contributed by atoms with van der Waals surface area (Å²) in [5.41, 5.74) is 15.1. The van der Waals surface area contributed by atoms with Gasteiger partial charge in [-0.2, -0.15) is 0 Å². The Morgan fingerprint density at radius 1 is 0.454 bits per heavy atom. The second-order valence-electron chi connectivity index (χ2n) is 32.0. The fourth-order valence-electron chi connectivity index (χ4n) is 15.5. The number of carboxylic acids is 3. The molecule has 4 aromatic carbocycles. The third-order valence-electron chi connectivity index (χ3n) is 22.2. The molecule has 130 heavy (non-hydrogen) atoms. The van der Waals surface area contributed by atoms with Crippen molar-refractivity contribution in [2.75, 3.05) is 131 Å². The summed E-state index contributed by atoms with van der Waals surface area (Å²) in [6, 6.07) is 17.5. The number of nitrogens with one attached hydrogen (secondary N) is 17. The van der Waals surface area contributed by atoms with Crippen LogP contribution < -0.4 is 75.3 Å². The lowest BCUT2D eigenvalue weighted by molar-refractivity contribution is -0.141. The van der Waals surface area contributed by atoms with E-state index in [0.717, 1.165) is 0 Å². The molecule has 700 valence electrons. The highest BCUT2D eigenvalue weighted by molar-refractivity contribution is 6.09. The number of carbonyl (C=O) groups excluding carboxylic acids is 11. The average molecular weight is 1800 g/mol. The highest BCUT2D eigenvalue weighted by Gasteiger charge is 2.41. The van der Waals surface area contributed by atoms with E-state index in [2.05, 4.69) is 83.7 Å². The number of hydrogen-bond acceptors (Lipinski definition) is 23. The molecular formula is C87H119N25O18. The fourth-order valence-corrected chi connectivity index (χ4v) is 15.5. The van der Waals surface area contributed by atoms with Gasteiger partial charge in [0, 0.05) is 168 Å². The van der Waals surface area contributed by atoms with E-state index in [1.807, 2.05) is 0 Å². The molecule has 8 atom stereocenters. The van der Waals surface area contributed by atoms with Gasteiger partial charge in [0.1, 0.15) is 48.3 Å². The van der Waals surface area contributed by atoms with Crippen molar-refractivity contribution >= 4 is 116 Å². The Bertz CT molecular complexity index is 4980. The van der Waals surface area contributed by atoms with Gasteiger partial charge >= 0.3 is 17.9 Å². The Kier molecular flexibility index (Phi) is 39.5. The summed E-state index contributed by atoms with van der Waals surface area (Å²) in [5.74, 6) is -12.1. The molecule has 0 spiro atoms. The van der Waals surface area contributed by atoms with E-state index in [1.54, 1.807) is 135 Å².